The Morgan fingerprint density at radius 1 is 0.583 bits per heavy atom. The van der Waals surface area contributed by atoms with E-state index in [1.165, 1.54) is 36.4 Å². The highest BCUT2D eigenvalue weighted by Gasteiger charge is 2.48. The second-order valence-corrected chi connectivity index (χ2v) is 11.5. The number of carbonyl (C=O) groups is 6. The fourth-order valence-corrected chi connectivity index (χ4v) is 6.59. The molecule has 2 unspecified atom stereocenters. The van der Waals surface area contributed by atoms with Crippen LogP contribution in [0.2, 0.25) is 0 Å². The molecule has 2 atom stereocenters. The summed E-state index contributed by atoms with van der Waals surface area (Å²) in [7, 11) is -1.82. The van der Waals surface area contributed by atoms with E-state index >= 15 is 0 Å². The number of carbonyl (C=O) groups excluding carboxylic acids is 6. The average molecular weight is 503 g/mol. The van der Waals surface area contributed by atoms with Gasteiger partial charge in [-0.2, -0.15) is 0 Å². The second kappa shape index (κ2) is 8.34. The molecule has 4 aliphatic rings. The molecule has 0 amide bonds. The van der Waals surface area contributed by atoms with E-state index in [-0.39, 0.29) is 55.4 Å². The van der Waals surface area contributed by atoms with Gasteiger partial charge < -0.3 is 0 Å². The summed E-state index contributed by atoms with van der Waals surface area (Å²) in [5.74, 6) is -5.93. The minimum absolute atomic E-state index is 0.0853. The van der Waals surface area contributed by atoms with Crippen molar-refractivity contribution in [3.8, 4) is 0 Å². The van der Waals surface area contributed by atoms with Crippen molar-refractivity contribution in [1.29, 1.82) is 0 Å². The maximum absolute atomic E-state index is 13.4. The monoisotopic (exact) mass is 502 g/mol. The maximum atomic E-state index is 13.4. The Labute approximate surface area is 209 Å². The van der Waals surface area contributed by atoms with Crippen LogP contribution in [0.3, 0.4) is 0 Å². The van der Waals surface area contributed by atoms with Crippen LogP contribution >= 0.6 is 0 Å². The third kappa shape index (κ3) is 3.27. The molecule has 6 rings (SSSR count). The van der Waals surface area contributed by atoms with Crippen LogP contribution in [-0.4, -0.2) is 38.9 Å². The van der Waals surface area contributed by atoms with Crippen molar-refractivity contribution in [2.45, 2.75) is 48.3 Å². The molecule has 0 bridgehead atoms. The summed E-state index contributed by atoms with van der Waals surface area (Å²) in [6.45, 7) is 0. The highest BCUT2D eigenvalue weighted by atomic mass is 32.2. The Kier molecular flexibility index (Phi) is 5.33. The van der Waals surface area contributed by atoms with Gasteiger partial charge in [-0.05, 0) is 62.1 Å². The Morgan fingerprint density at radius 3 is 1.28 bits per heavy atom. The van der Waals surface area contributed by atoms with E-state index in [4.69, 9.17) is 0 Å². The number of hydrogen-bond donors (Lipinski definition) is 0. The number of Topliss-reactive ketones (excluding diaryl/α,β-unsaturated/α-hetero) is 6. The molecule has 2 aromatic carbocycles. The molecular weight excluding hydrogens is 480 g/mol. The van der Waals surface area contributed by atoms with Crippen LogP contribution in [0.25, 0.3) is 0 Å². The van der Waals surface area contributed by atoms with Crippen LogP contribution in [0.15, 0.2) is 46.2 Å². The molecular formula is C28H22O7S. The zero-order valence-corrected chi connectivity index (χ0v) is 20.1. The van der Waals surface area contributed by atoms with Gasteiger partial charge in [0.05, 0.1) is 10.8 Å². The first-order valence-electron chi connectivity index (χ1n) is 12.2. The molecule has 0 N–H and O–H groups in total. The lowest BCUT2D eigenvalue weighted by Crippen LogP contribution is -2.34. The van der Waals surface area contributed by atoms with Crippen molar-refractivity contribution in [1.82, 2.24) is 0 Å². The summed E-state index contributed by atoms with van der Waals surface area (Å²) in [5, 5.41) is 0. The van der Waals surface area contributed by atoms with Crippen LogP contribution in [0.1, 0.15) is 80.0 Å². The highest BCUT2D eigenvalue weighted by Crippen LogP contribution is 2.38. The molecule has 2 fully saturated rings. The Balaban J connectivity index is 1.28. The van der Waals surface area contributed by atoms with Crippen molar-refractivity contribution < 1.29 is 33.0 Å². The topological polar surface area (TPSA) is 119 Å². The predicted octanol–water partition coefficient (Wildman–Crippen LogP) is 3.58. The molecule has 0 spiro atoms. The van der Waals surface area contributed by atoms with Gasteiger partial charge in [-0.25, -0.2) is 4.21 Å². The van der Waals surface area contributed by atoms with E-state index in [0.29, 0.717) is 25.7 Å². The van der Waals surface area contributed by atoms with Crippen molar-refractivity contribution in [2.24, 2.45) is 23.7 Å². The largest absolute Gasteiger partial charge is 0.298 e. The molecule has 0 heterocycles. The molecule has 0 aromatic heterocycles. The van der Waals surface area contributed by atoms with Gasteiger partial charge in [-0.3, -0.25) is 28.8 Å². The number of ketones is 6. The predicted molar refractivity (Wildman–Crippen MR) is 127 cm³/mol. The second-order valence-electron chi connectivity index (χ2n) is 10.1. The van der Waals surface area contributed by atoms with E-state index < -0.39 is 45.8 Å². The van der Waals surface area contributed by atoms with Gasteiger partial charge in [0.2, 0.25) is 0 Å². The summed E-state index contributed by atoms with van der Waals surface area (Å²) in [6, 6.07) is 8.54. The van der Waals surface area contributed by atoms with Crippen molar-refractivity contribution in [3.63, 3.8) is 0 Å². The third-order valence-corrected chi connectivity index (χ3v) is 9.47. The van der Waals surface area contributed by atoms with Crippen molar-refractivity contribution >= 4 is 45.5 Å². The number of fused-ring (bicyclic) bond motifs is 2. The quantitative estimate of drug-likeness (QED) is 0.554. The van der Waals surface area contributed by atoms with Gasteiger partial charge in [-0.15, -0.1) is 0 Å². The molecule has 0 aliphatic heterocycles. The first-order valence-corrected chi connectivity index (χ1v) is 13.4. The van der Waals surface area contributed by atoms with Gasteiger partial charge in [0, 0.05) is 43.9 Å². The molecule has 7 nitrogen and oxygen atoms in total. The molecule has 2 aromatic rings. The van der Waals surface area contributed by atoms with Crippen molar-refractivity contribution in [3.05, 3.63) is 58.7 Å². The fourth-order valence-electron chi connectivity index (χ4n) is 5.48. The number of hydrogen-bond acceptors (Lipinski definition) is 7. The van der Waals surface area contributed by atoms with Gasteiger partial charge in [0.25, 0.3) is 0 Å². The number of benzene rings is 2. The lowest BCUT2D eigenvalue weighted by Gasteiger charge is -2.25. The Morgan fingerprint density at radius 2 is 0.944 bits per heavy atom. The Hall–Kier alpha value is -3.39. The minimum Gasteiger partial charge on any atom is -0.298 e. The molecule has 0 saturated heterocycles. The van der Waals surface area contributed by atoms with Gasteiger partial charge in [-0.1, -0.05) is 12.8 Å². The first-order chi connectivity index (χ1) is 17.3. The van der Waals surface area contributed by atoms with E-state index in [9.17, 15) is 33.0 Å². The third-order valence-electron chi connectivity index (χ3n) is 8.10. The van der Waals surface area contributed by atoms with Crippen LogP contribution < -0.4 is 0 Å². The zero-order valence-electron chi connectivity index (χ0n) is 19.3. The van der Waals surface area contributed by atoms with Gasteiger partial charge in [0.1, 0.15) is 11.8 Å². The van der Waals surface area contributed by atoms with Crippen LogP contribution in [0, 0.1) is 23.7 Å². The molecule has 2 saturated carbocycles. The van der Waals surface area contributed by atoms with E-state index in [1.807, 2.05) is 0 Å². The van der Waals surface area contributed by atoms with Crippen LogP contribution in [0.5, 0.6) is 0 Å². The average Bonchev–Trinajstić information content (AvgIpc) is 3.19. The standard InChI is InChI=1S/C28H22O7S/c29-23(13-3-1-4-13)21-25(31)17-9-7-15(11-19(17)27(21)33)36(35)16-8-10-18-20(12-16)28(34)22(26(18)32)24(30)14-5-2-6-14/h7-14,21-22H,1-6H2. The molecule has 0 radical (unpaired) electrons. The van der Waals surface area contributed by atoms with E-state index in [1.54, 1.807) is 0 Å². The Bertz CT molecular complexity index is 1340. The molecule has 36 heavy (non-hydrogen) atoms. The normalized spacial score (nSPS) is 24.2. The van der Waals surface area contributed by atoms with Crippen molar-refractivity contribution in [2.75, 3.05) is 0 Å². The number of rotatable bonds is 6. The lowest BCUT2D eigenvalue weighted by atomic mass is 9.76. The van der Waals surface area contributed by atoms with Gasteiger partial charge in [0.15, 0.2) is 34.7 Å². The SMILES string of the molecule is O=C1c2ccc(S(=O)c3ccc4c(c3)C(=O)C(C(=O)C3CCC3)C4=O)cc2C(=O)C1C(=O)C1CCC1. The summed E-state index contributed by atoms with van der Waals surface area (Å²) >= 11 is 0. The summed E-state index contributed by atoms with van der Waals surface area (Å²) in [6.07, 6.45) is 4.57. The lowest BCUT2D eigenvalue weighted by molar-refractivity contribution is -0.127. The van der Waals surface area contributed by atoms with E-state index in [2.05, 4.69) is 0 Å². The van der Waals surface area contributed by atoms with Gasteiger partial charge >= 0.3 is 0 Å². The van der Waals surface area contributed by atoms with Crippen LogP contribution in [0.4, 0.5) is 0 Å². The summed E-state index contributed by atoms with van der Waals surface area (Å²) < 4.78 is 13.4. The molecule has 8 heteroatoms. The van der Waals surface area contributed by atoms with Crippen LogP contribution in [-0.2, 0) is 20.4 Å². The first kappa shape index (κ1) is 23.0. The summed E-state index contributed by atoms with van der Waals surface area (Å²) in [5.41, 5.74) is 0.486. The molecule has 4 aliphatic carbocycles. The summed E-state index contributed by atoms with van der Waals surface area (Å²) in [4.78, 5) is 77.3. The zero-order chi connectivity index (χ0) is 25.3. The van der Waals surface area contributed by atoms with E-state index in [0.717, 1.165) is 12.8 Å². The highest BCUT2D eigenvalue weighted by molar-refractivity contribution is 7.85. The minimum atomic E-state index is -1.82. The maximum Gasteiger partial charge on any atom is 0.181 e. The smallest absolute Gasteiger partial charge is 0.181 e. The molecule has 182 valence electrons. The fraction of sp³-hybridized carbons (Fsp3) is 0.357.